The van der Waals surface area contributed by atoms with Gasteiger partial charge >= 0.3 is 0 Å². The van der Waals surface area contributed by atoms with Gasteiger partial charge in [-0.15, -0.1) is 0 Å². The zero-order valence-electron chi connectivity index (χ0n) is 16.5. The van der Waals surface area contributed by atoms with Crippen molar-refractivity contribution < 1.29 is 19.1 Å². The summed E-state index contributed by atoms with van der Waals surface area (Å²) in [6, 6.07) is 12.2. The predicted octanol–water partition coefficient (Wildman–Crippen LogP) is 2.73. The van der Waals surface area contributed by atoms with Gasteiger partial charge in [-0.3, -0.25) is 19.8 Å². The summed E-state index contributed by atoms with van der Waals surface area (Å²) >= 11 is 0. The molecule has 0 radical (unpaired) electrons. The Balaban J connectivity index is 1.79. The van der Waals surface area contributed by atoms with Gasteiger partial charge in [-0.2, -0.15) is 0 Å². The van der Waals surface area contributed by atoms with Gasteiger partial charge in [0.15, 0.2) is 0 Å². The zero-order valence-corrected chi connectivity index (χ0v) is 16.5. The molecule has 0 saturated carbocycles. The summed E-state index contributed by atoms with van der Waals surface area (Å²) in [5.74, 6) is 1.05. The van der Waals surface area contributed by atoms with Gasteiger partial charge in [0.1, 0.15) is 18.0 Å². The number of ether oxygens (including phenoxy) is 2. The largest absolute Gasteiger partial charge is 0.497 e. The van der Waals surface area contributed by atoms with E-state index in [1.54, 1.807) is 27.2 Å². The fourth-order valence-electron chi connectivity index (χ4n) is 3.38. The molecule has 1 heterocycles. The van der Waals surface area contributed by atoms with E-state index in [4.69, 9.17) is 9.47 Å². The summed E-state index contributed by atoms with van der Waals surface area (Å²) in [4.78, 5) is 26.6. The van der Waals surface area contributed by atoms with Gasteiger partial charge in [0.25, 0.3) is 0 Å². The van der Waals surface area contributed by atoms with Crippen molar-refractivity contribution in [3.05, 3.63) is 48.0 Å². The lowest BCUT2D eigenvalue weighted by atomic mass is 10.0. The second-order valence-corrected chi connectivity index (χ2v) is 6.71. The summed E-state index contributed by atoms with van der Waals surface area (Å²) < 4.78 is 10.7. The Labute approximate surface area is 164 Å². The van der Waals surface area contributed by atoms with Crippen LogP contribution >= 0.6 is 0 Å². The number of carbonyl (C=O) groups is 2. The molecule has 2 aromatic rings. The number of benzene rings is 2. The predicted molar refractivity (Wildman–Crippen MR) is 108 cm³/mol. The molecule has 0 unspecified atom stereocenters. The molecule has 2 aromatic carbocycles. The SMILES string of the molecule is COc1ccc(OC)c([C@H](C)N[C@@H](C)C(=O)N2CC(=O)Nc3ccccc32)c1. The molecule has 2 N–H and O–H groups in total. The van der Waals surface area contributed by atoms with Gasteiger partial charge < -0.3 is 14.8 Å². The number of methoxy groups -OCH3 is 2. The van der Waals surface area contributed by atoms with Crippen LogP contribution in [0.2, 0.25) is 0 Å². The molecule has 0 saturated heterocycles. The average Bonchev–Trinajstić information content (AvgIpc) is 2.71. The first-order chi connectivity index (χ1) is 13.4. The molecule has 0 fully saturated rings. The van der Waals surface area contributed by atoms with Crippen LogP contribution in [0.1, 0.15) is 25.5 Å². The van der Waals surface area contributed by atoms with Crippen molar-refractivity contribution in [2.75, 3.05) is 31.0 Å². The van der Waals surface area contributed by atoms with Crippen LogP contribution < -0.4 is 25.0 Å². The van der Waals surface area contributed by atoms with E-state index in [1.165, 1.54) is 4.90 Å². The van der Waals surface area contributed by atoms with Crippen molar-refractivity contribution >= 4 is 23.2 Å². The molecule has 0 aromatic heterocycles. The second-order valence-electron chi connectivity index (χ2n) is 6.71. The molecule has 148 valence electrons. The van der Waals surface area contributed by atoms with Crippen molar-refractivity contribution in [2.24, 2.45) is 0 Å². The summed E-state index contributed by atoms with van der Waals surface area (Å²) in [6.07, 6.45) is 0. The van der Waals surface area contributed by atoms with E-state index >= 15 is 0 Å². The molecule has 0 bridgehead atoms. The molecular formula is C21H25N3O4. The molecule has 0 spiro atoms. The lowest BCUT2D eigenvalue weighted by Crippen LogP contribution is -2.50. The van der Waals surface area contributed by atoms with Crippen LogP contribution in [0, 0.1) is 0 Å². The minimum atomic E-state index is -0.509. The third-order valence-electron chi connectivity index (χ3n) is 4.81. The number of hydrogen-bond acceptors (Lipinski definition) is 5. The van der Waals surface area contributed by atoms with Gasteiger partial charge in [-0.25, -0.2) is 0 Å². The lowest BCUT2D eigenvalue weighted by molar-refractivity contribution is -0.123. The quantitative estimate of drug-likeness (QED) is 0.802. The summed E-state index contributed by atoms with van der Waals surface area (Å²) in [5.41, 5.74) is 2.23. The highest BCUT2D eigenvalue weighted by Crippen LogP contribution is 2.31. The number of fused-ring (bicyclic) bond motifs is 1. The monoisotopic (exact) mass is 383 g/mol. The van der Waals surface area contributed by atoms with Crippen LogP contribution in [0.3, 0.4) is 0 Å². The van der Waals surface area contributed by atoms with E-state index in [9.17, 15) is 9.59 Å². The van der Waals surface area contributed by atoms with E-state index in [1.807, 2.05) is 43.3 Å². The van der Waals surface area contributed by atoms with E-state index in [0.29, 0.717) is 22.9 Å². The molecule has 3 rings (SSSR count). The summed E-state index contributed by atoms with van der Waals surface area (Å²) in [6.45, 7) is 3.75. The zero-order chi connectivity index (χ0) is 20.3. The number of carbonyl (C=O) groups excluding carboxylic acids is 2. The van der Waals surface area contributed by atoms with Crippen molar-refractivity contribution in [3.8, 4) is 11.5 Å². The van der Waals surface area contributed by atoms with Crippen LogP contribution in [0.4, 0.5) is 11.4 Å². The molecule has 1 aliphatic rings. The molecule has 7 heteroatoms. The van der Waals surface area contributed by atoms with Crippen LogP contribution in [-0.4, -0.2) is 38.6 Å². The maximum Gasteiger partial charge on any atom is 0.244 e. The number of nitrogens with one attached hydrogen (secondary N) is 2. The normalized spacial score (nSPS) is 15.3. The molecule has 2 atom stereocenters. The Morgan fingerprint density at radius 1 is 1.14 bits per heavy atom. The highest BCUT2D eigenvalue weighted by atomic mass is 16.5. The Morgan fingerprint density at radius 3 is 2.61 bits per heavy atom. The van der Waals surface area contributed by atoms with Gasteiger partial charge in [-0.05, 0) is 44.2 Å². The molecular weight excluding hydrogens is 358 g/mol. The van der Waals surface area contributed by atoms with Crippen molar-refractivity contribution in [1.29, 1.82) is 0 Å². The third-order valence-corrected chi connectivity index (χ3v) is 4.81. The van der Waals surface area contributed by atoms with Gasteiger partial charge in [-0.1, -0.05) is 12.1 Å². The average molecular weight is 383 g/mol. The molecule has 28 heavy (non-hydrogen) atoms. The number of hydrogen-bond donors (Lipinski definition) is 2. The second kappa shape index (κ2) is 8.31. The first kappa shape index (κ1) is 19.7. The Hall–Kier alpha value is -3.06. The van der Waals surface area contributed by atoms with Crippen LogP contribution in [0.25, 0.3) is 0 Å². The van der Waals surface area contributed by atoms with E-state index in [-0.39, 0.29) is 24.4 Å². The first-order valence-corrected chi connectivity index (χ1v) is 9.12. The van der Waals surface area contributed by atoms with Gasteiger partial charge in [0.2, 0.25) is 11.8 Å². The van der Waals surface area contributed by atoms with Crippen LogP contribution in [0.5, 0.6) is 11.5 Å². The fraction of sp³-hybridized carbons (Fsp3) is 0.333. The Kier molecular flexibility index (Phi) is 5.84. The topological polar surface area (TPSA) is 79.9 Å². The fourth-order valence-corrected chi connectivity index (χ4v) is 3.38. The van der Waals surface area contributed by atoms with Gasteiger partial charge in [0.05, 0.1) is 31.6 Å². The van der Waals surface area contributed by atoms with Crippen molar-refractivity contribution in [2.45, 2.75) is 25.9 Å². The highest BCUT2D eigenvalue weighted by Gasteiger charge is 2.30. The van der Waals surface area contributed by atoms with E-state index in [2.05, 4.69) is 10.6 Å². The smallest absolute Gasteiger partial charge is 0.244 e. The number of rotatable bonds is 6. The molecule has 1 aliphatic heterocycles. The summed E-state index contributed by atoms with van der Waals surface area (Å²) in [5, 5.41) is 6.10. The van der Waals surface area contributed by atoms with Crippen LogP contribution in [0.15, 0.2) is 42.5 Å². The van der Waals surface area contributed by atoms with Crippen LogP contribution in [-0.2, 0) is 9.59 Å². The maximum absolute atomic E-state index is 13.1. The van der Waals surface area contributed by atoms with Crippen molar-refractivity contribution in [3.63, 3.8) is 0 Å². The first-order valence-electron chi connectivity index (χ1n) is 9.12. The highest BCUT2D eigenvalue weighted by molar-refractivity contribution is 6.11. The summed E-state index contributed by atoms with van der Waals surface area (Å²) in [7, 11) is 3.21. The Morgan fingerprint density at radius 2 is 1.89 bits per heavy atom. The minimum absolute atomic E-state index is 0.00126. The minimum Gasteiger partial charge on any atom is -0.497 e. The Bertz CT molecular complexity index is 884. The number of amides is 2. The molecule has 2 amide bonds. The van der Waals surface area contributed by atoms with Gasteiger partial charge in [0, 0.05) is 11.6 Å². The lowest BCUT2D eigenvalue weighted by Gasteiger charge is -2.32. The third kappa shape index (κ3) is 3.94. The molecule has 0 aliphatic carbocycles. The maximum atomic E-state index is 13.1. The van der Waals surface area contributed by atoms with Crippen molar-refractivity contribution in [1.82, 2.24) is 5.32 Å². The number of para-hydroxylation sites is 2. The number of nitrogens with zero attached hydrogens (tertiary/aromatic N) is 1. The standard InChI is InChI=1S/C21H25N3O4/c1-13(16-11-15(27-3)9-10-19(16)28-4)22-14(2)21(26)24-12-20(25)23-17-7-5-6-8-18(17)24/h5-11,13-14,22H,12H2,1-4H3,(H,23,25)/t13-,14-/m0/s1. The van der Waals surface area contributed by atoms with E-state index < -0.39 is 6.04 Å². The van der Waals surface area contributed by atoms with E-state index in [0.717, 1.165) is 5.56 Å². The molecule has 7 nitrogen and oxygen atoms in total. The number of anilines is 2.